The molecule has 1 N–H and O–H groups in total. The van der Waals surface area contributed by atoms with E-state index in [0.717, 1.165) is 6.54 Å². The largest absolute Gasteiger partial charge is 0.371 e. The summed E-state index contributed by atoms with van der Waals surface area (Å²) < 4.78 is 0. The van der Waals surface area contributed by atoms with Crippen LogP contribution in [0.2, 0.25) is 0 Å². The number of anilines is 1. The number of benzene rings is 1. The third kappa shape index (κ3) is 3.54. The first-order valence-corrected chi connectivity index (χ1v) is 8.16. The van der Waals surface area contributed by atoms with Gasteiger partial charge in [-0.15, -0.1) is 0 Å². The highest BCUT2D eigenvalue weighted by Gasteiger charge is 2.34. The summed E-state index contributed by atoms with van der Waals surface area (Å²) in [5.74, 6) is 0. The molecule has 1 aromatic carbocycles. The van der Waals surface area contributed by atoms with Crippen molar-refractivity contribution in [3.63, 3.8) is 0 Å². The molecule has 2 heteroatoms. The van der Waals surface area contributed by atoms with E-state index in [1.807, 2.05) is 0 Å². The minimum Gasteiger partial charge on any atom is -0.371 e. The molecule has 1 heterocycles. The first kappa shape index (κ1) is 15.4. The maximum absolute atomic E-state index is 3.47. The van der Waals surface area contributed by atoms with Gasteiger partial charge >= 0.3 is 0 Å². The molecule has 0 aliphatic carbocycles. The van der Waals surface area contributed by atoms with Crippen LogP contribution in [0.15, 0.2) is 24.3 Å². The molecule has 1 aliphatic heterocycles. The Kier molecular flexibility index (Phi) is 5.09. The summed E-state index contributed by atoms with van der Waals surface area (Å²) in [5, 5.41) is 3.47. The van der Waals surface area contributed by atoms with E-state index >= 15 is 0 Å². The van der Waals surface area contributed by atoms with Gasteiger partial charge in [0.15, 0.2) is 0 Å². The average Bonchev–Trinajstić information content (AvgIpc) is 2.91. The zero-order valence-corrected chi connectivity index (χ0v) is 13.6. The molecule has 20 heavy (non-hydrogen) atoms. The highest BCUT2D eigenvalue weighted by Crippen LogP contribution is 2.38. The molecular formula is C18H30N2. The fourth-order valence-electron chi connectivity index (χ4n) is 3.13. The van der Waals surface area contributed by atoms with Crippen LogP contribution >= 0.6 is 0 Å². The van der Waals surface area contributed by atoms with E-state index in [1.165, 1.54) is 43.6 Å². The van der Waals surface area contributed by atoms with Gasteiger partial charge in [0.05, 0.1) is 0 Å². The minimum atomic E-state index is 0.544. The van der Waals surface area contributed by atoms with Gasteiger partial charge in [-0.05, 0) is 42.4 Å². The van der Waals surface area contributed by atoms with Gasteiger partial charge in [0.25, 0.3) is 0 Å². The quantitative estimate of drug-likeness (QED) is 0.836. The van der Waals surface area contributed by atoms with Crippen molar-refractivity contribution in [1.29, 1.82) is 0 Å². The summed E-state index contributed by atoms with van der Waals surface area (Å²) >= 11 is 0. The Hall–Kier alpha value is -1.02. The number of hydrogen-bond acceptors (Lipinski definition) is 2. The van der Waals surface area contributed by atoms with Gasteiger partial charge in [-0.2, -0.15) is 0 Å². The summed E-state index contributed by atoms with van der Waals surface area (Å²) in [6.07, 6.45) is 3.95. The predicted molar refractivity (Wildman–Crippen MR) is 88.3 cm³/mol. The topological polar surface area (TPSA) is 15.3 Å². The van der Waals surface area contributed by atoms with Crippen molar-refractivity contribution in [2.45, 2.75) is 59.5 Å². The lowest BCUT2D eigenvalue weighted by Crippen LogP contribution is -2.26. The maximum atomic E-state index is 3.47. The highest BCUT2D eigenvalue weighted by atomic mass is 15.2. The second-order valence-corrected chi connectivity index (χ2v) is 6.58. The molecule has 0 bridgehead atoms. The second-order valence-electron chi connectivity index (χ2n) is 6.58. The van der Waals surface area contributed by atoms with Crippen molar-refractivity contribution in [1.82, 2.24) is 5.32 Å². The molecule has 0 unspecified atom stereocenters. The third-order valence-electron chi connectivity index (χ3n) is 4.95. The van der Waals surface area contributed by atoms with E-state index in [2.05, 4.69) is 62.2 Å². The molecule has 0 atom stereocenters. The van der Waals surface area contributed by atoms with E-state index in [9.17, 15) is 0 Å². The highest BCUT2D eigenvalue weighted by molar-refractivity contribution is 5.49. The second kappa shape index (κ2) is 6.62. The number of nitrogens with zero attached hydrogens (tertiary/aromatic N) is 1. The molecule has 1 fully saturated rings. The van der Waals surface area contributed by atoms with E-state index in [4.69, 9.17) is 0 Å². The third-order valence-corrected chi connectivity index (χ3v) is 4.95. The van der Waals surface area contributed by atoms with Crippen molar-refractivity contribution >= 4 is 5.69 Å². The van der Waals surface area contributed by atoms with E-state index in [0.29, 0.717) is 11.5 Å². The number of rotatable bonds is 6. The van der Waals surface area contributed by atoms with Gasteiger partial charge in [0.1, 0.15) is 0 Å². The summed E-state index contributed by atoms with van der Waals surface area (Å²) in [7, 11) is 0. The van der Waals surface area contributed by atoms with Crippen LogP contribution in [0.25, 0.3) is 0 Å². The van der Waals surface area contributed by atoms with E-state index in [-0.39, 0.29) is 0 Å². The molecule has 1 aliphatic rings. The molecule has 0 spiro atoms. The van der Waals surface area contributed by atoms with Crippen LogP contribution in [0.5, 0.6) is 0 Å². The van der Waals surface area contributed by atoms with E-state index in [1.54, 1.807) is 0 Å². The van der Waals surface area contributed by atoms with Gasteiger partial charge in [0.2, 0.25) is 0 Å². The fourth-order valence-corrected chi connectivity index (χ4v) is 3.13. The Morgan fingerprint density at radius 3 is 2.30 bits per heavy atom. The van der Waals surface area contributed by atoms with Crippen LogP contribution < -0.4 is 10.2 Å². The normalized spacial score (nSPS) is 17.9. The Labute approximate surface area is 124 Å². The monoisotopic (exact) mass is 274 g/mol. The van der Waals surface area contributed by atoms with Crippen molar-refractivity contribution in [2.75, 3.05) is 18.0 Å². The van der Waals surface area contributed by atoms with Gasteiger partial charge in [0, 0.05) is 31.4 Å². The minimum absolute atomic E-state index is 0.544. The van der Waals surface area contributed by atoms with Gasteiger partial charge in [-0.3, -0.25) is 0 Å². The van der Waals surface area contributed by atoms with Crippen molar-refractivity contribution < 1.29 is 0 Å². The lowest BCUT2D eigenvalue weighted by molar-refractivity contribution is 0.301. The standard InChI is InChI=1S/C18H30N2/c1-5-18(6-2)11-12-20(14-18)17-9-7-16(8-10-17)13-19-15(3)4/h7-10,15,19H,5-6,11-14H2,1-4H3. The van der Waals surface area contributed by atoms with Crippen LogP contribution in [0.4, 0.5) is 5.69 Å². The first-order valence-electron chi connectivity index (χ1n) is 8.16. The van der Waals surface area contributed by atoms with Gasteiger partial charge in [-0.25, -0.2) is 0 Å². The smallest absolute Gasteiger partial charge is 0.0366 e. The lowest BCUT2D eigenvalue weighted by atomic mass is 9.82. The zero-order chi connectivity index (χ0) is 14.6. The van der Waals surface area contributed by atoms with Crippen molar-refractivity contribution in [3.8, 4) is 0 Å². The molecule has 0 amide bonds. The molecule has 0 aromatic heterocycles. The average molecular weight is 274 g/mol. The molecule has 2 nitrogen and oxygen atoms in total. The Bertz CT molecular complexity index is 404. The number of hydrogen-bond donors (Lipinski definition) is 1. The maximum Gasteiger partial charge on any atom is 0.0366 e. The SMILES string of the molecule is CCC1(CC)CCN(c2ccc(CNC(C)C)cc2)C1. The summed E-state index contributed by atoms with van der Waals surface area (Å²) in [6.45, 7) is 12.5. The van der Waals surface area contributed by atoms with Gasteiger partial charge in [-0.1, -0.05) is 39.8 Å². The molecule has 0 saturated carbocycles. The molecule has 1 aromatic rings. The van der Waals surface area contributed by atoms with Crippen molar-refractivity contribution in [2.24, 2.45) is 5.41 Å². The molecule has 112 valence electrons. The summed E-state index contributed by atoms with van der Waals surface area (Å²) in [4.78, 5) is 2.56. The van der Waals surface area contributed by atoms with Gasteiger partial charge < -0.3 is 10.2 Å². The van der Waals surface area contributed by atoms with Crippen LogP contribution in [0.1, 0.15) is 52.5 Å². The van der Waals surface area contributed by atoms with Crippen LogP contribution in [0.3, 0.4) is 0 Å². The van der Waals surface area contributed by atoms with Crippen LogP contribution in [-0.4, -0.2) is 19.1 Å². The molecule has 2 rings (SSSR count). The zero-order valence-electron chi connectivity index (χ0n) is 13.6. The lowest BCUT2D eigenvalue weighted by Gasteiger charge is -2.27. The Morgan fingerprint density at radius 1 is 1.15 bits per heavy atom. The molecule has 0 radical (unpaired) electrons. The van der Waals surface area contributed by atoms with Crippen LogP contribution in [0, 0.1) is 5.41 Å². The predicted octanol–water partition coefficient (Wildman–Crippen LogP) is 4.20. The Morgan fingerprint density at radius 2 is 1.80 bits per heavy atom. The molecular weight excluding hydrogens is 244 g/mol. The summed E-state index contributed by atoms with van der Waals surface area (Å²) in [6, 6.07) is 9.66. The first-order chi connectivity index (χ1) is 9.58. The fraction of sp³-hybridized carbons (Fsp3) is 0.667. The van der Waals surface area contributed by atoms with E-state index < -0.39 is 0 Å². The van der Waals surface area contributed by atoms with Crippen molar-refractivity contribution in [3.05, 3.63) is 29.8 Å². The summed E-state index contributed by atoms with van der Waals surface area (Å²) in [5.41, 5.74) is 3.32. The number of nitrogens with one attached hydrogen (secondary N) is 1. The molecule has 1 saturated heterocycles. The van der Waals surface area contributed by atoms with Crippen LogP contribution in [-0.2, 0) is 6.54 Å². The Balaban J connectivity index is 1.97.